The lowest BCUT2D eigenvalue weighted by atomic mass is 10.1. The summed E-state index contributed by atoms with van der Waals surface area (Å²) < 4.78 is 6.70. The van der Waals surface area contributed by atoms with E-state index in [1.165, 1.54) is 11.3 Å². The lowest BCUT2D eigenvalue weighted by Crippen LogP contribution is -2.16. The Balaban J connectivity index is 1.56. The topological polar surface area (TPSA) is 88.0 Å². The number of carbonyl (C=O) groups excluding carboxylic acids is 1. The van der Waals surface area contributed by atoms with Crippen LogP contribution in [-0.4, -0.2) is 23.2 Å². The molecule has 2 N–H and O–H groups in total. The molecule has 0 saturated carbocycles. The third kappa shape index (κ3) is 5.40. The van der Waals surface area contributed by atoms with Crippen molar-refractivity contribution in [1.82, 2.24) is 5.43 Å². The molecular formula is C20H15IN2O4S. The quantitative estimate of drug-likeness (QED) is 0.283. The number of halogens is 1. The number of hydrogen-bond donors (Lipinski definition) is 2. The number of thiophene rings is 1. The summed E-state index contributed by atoms with van der Waals surface area (Å²) in [5.74, 6) is -0.483. The van der Waals surface area contributed by atoms with Crippen molar-refractivity contribution in [3.05, 3.63) is 85.1 Å². The Labute approximate surface area is 179 Å². The first kappa shape index (κ1) is 20.0. The molecule has 3 rings (SSSR count). The smallest absolute Gasteiger partial charge is 0.335 e. The zero-order valence-electron chi connectivity index (χ0n) is 14.5. The van der Waals surface area contributed by atoms with Gasteiger partial charge in [-0.05, 0) is 75.5 Å². The van der Waals surface area contributed by atoms with Gasteiger partial charge in [0.2, 0.25) is 0 Å². The van der Waals surface area contributed by atoms with Gasteiger partial charge in [0.1, 0.15) is 12.4 Å². The van der Waals surface area contributed by atoms with Crippen molar-refractivity contribution < 1.29 is 19.4 Å². The minimum Gasteiger partial charge on any atom is -0.488 e. The zero-order chi connectivity index (χ0) is 19.9. The Morgan fingerprint density at radius 1 is 1.18 bits per heavy atom. The van der Waals surface area contributed by atoms with E-state index in [1.54, 1.807) is 36.5 Å². The fourth-order valence-electron chi connectivity index (χ4n) is 2.25. The Morgan fingerprint density at radius 3 is 2.61 bits per heavy atom. The molecule has 0 aliphatic carbocycles. The number of amides is 1. The van der Waals surface area contributed by atoms with Crippen LogP contribution >= 0.6 is 33.9 Å². The second-order valence-electron chi connectivity index (χ2n) is 5.66. The Bertz CT molecular complexity index is 1000. The number of hydrazone groups is 1. The van der Waals surface area contributed by atoms with Gasteiger partial charge in [-0.2, -0.15) is 5.10 Å². The number of ether oxygens (including phenoxy) is 1. The molecule has 0 saturated heterocycles. The van der Waals surface area contributed by atoms with E-state index in [2.05, 4.69) is 33.1 Å². The summed E-state index contributed by atoms with van der Waals surface area (Å²) in [6.07, 6.45) is 1.57. The first-order valence-corrected chi connectivity index (χ1v) is 10.1. The number of carbonyl (C=O) groups is 2. The third-order valence-corrected chi connectivity index (χ3v) is 5.39. The first-order valence-electron chi connectivity index (χ1n) is 8.14. The zero-order valence-corrected chi connectivity index (χ0v) is 17.4. The molecule has 0 spiro atoms. The van der Waals surface area contributed by atoms with Crippen molar-refractivity contribution >= 4 is 52.0 Å². The third-order valence-electron chi connectivity index (χ3n) is 3.68. The van der Waals surface area contributed by atoms with E-state index in [0.717, 1.165) is 14.7 Å². The number of nitrogens with one attached hydrogen (secondary N) is 1. The van der Waals surface area contributed by atoms with Gasteiger partial charge in [0, 0.05) is 0 Å². The molecule has 0 unspecified atom stereocenters. The van der Waals surface area contributed by atoms with Crippen LogP contribution in [0.2, 0.25) is 0 Å². The van der Waals surface area contributed by atoms with Crippen LogP contribution in [0.4, 0.5) is 0 Å². The molecule has 28 heavy (non-hydrogen) atoms. The van der Waals surface area contributed by atoms with Gasteiger partial charge in [-0.25, -0.2) is 10.2 Å². The predicted octanol–water partition coefficient (Wildman–Crippen LogP) is 4.39. The maximum Gasteiger partial charge on any atom is 0.335 e. The molecule has 0 bridgehead atoms. The SMILES string of the molecule is O=C(O)c1ccc(COc2ccc(/C=N/NC(=O)c3cccs3)cc2I)cc1. The number of aromatic carboxylic acids is 1. The monoisotopic (exact) mass is 506 g/mol. The van der Waals surface area contributed by atoms with E-state index in [9.17, 15) is 9.59 Å². The van der Waals surface area contributed by atoms with Crippen LogP contribution in [-0.2, 0) is 6.61 Å². The van der Waals surface area contributed by atoms with E-state index < -0.39 is 5.97 Å². The Morgan fingerprint density at radius 2 is 1.96 bits per heavy atom. The minimum absolute atomic E-state index is 0.241. The van der Waals surface area contributed by atoms with Gasteiger partial charge in [0.05, 0.1) is 20.2 Å². The summed E-state index contributed by atoms with van der Waals surface area (Å²) in [5, 5.41) is 14.7. The van der Waals surface area contributed by atoms with Gasteiger partial charge in [0.25, 0.3) is 5.91 Å². The molecule has 0 aliphatic rings. The van der Waals surface area contributed by atoms with E-state index in [-0.39, 0.29) is 11.5 Å². The highest BCUT2D eigenvalue weighted by molar-refractivity contribution is 14.1. The van der Waals surface area contributed by atoms with Crippen LogP contribution in [0.15, 0.2) is 65.1 Å². The summed E-state index contributed by atoms with van der Waals surface area (Å²) in [5.41, 5.74) is 4.44. The highest BCUT2D eigenvalue weighted by Crippen LogP contribution is 2.22. The molecule has 0 aliphatic heterocycles. The summed E-state index contributed by atoms with van der Waals surface area (Å²) in [4.78, 5) is 23.3. The van der Waals surface area contributed by atoms with Gasteiger partial charge in [-0.3, -0.25) is 4.79 Å². The predicted molar refractivity (Wildman–Crippen MR) is 116 cm³/mol. The molecule has 3 aromatic rings. The molecular weight excluding hydrogens is 491 g/mol. The summed E-state index contributed by atoms with van der Waals surface area (Å²) in [6.45, 7) is 0.334. The fraction of sp³-hybridized carbons (Fsp3) is 0.0500. The van der Waals surface area contributed by atoms with Crippen LogP contribution in [0.5, 0.6) is 5.75 Å². The highest BCUT2D eigenvalue weighted by Gasteiger charge is 2.06. The van der Waals surface area contributed by atoms with Crippen LogP contribution in [0.3, 0.4) is 0 Å². The average molecular weight is 506 g/mol. The van der Waals surface area contributed by atoms with Crippen molar-refractivity contribution in [3.8, 4) is 5.75 Å². The second-order valence-corrected chi connectivity index (χ2v) is 7.77. The normalized spacial score (nSPS) is 10.8. The van der Waals surface area contributed by atoms with E-state index >= 15 is 0 Å². The van der Waals surface area contributed by atoms with Crippen molar-refractivity contribution in [2.75, 3.05) is 0 Å². The van der Waals surface area contributed by atoms with Crippen LogP contribution in [0.1, 0.15) is 31.2 Å². The summed E-state index contributed by atoms with van der Waals surface area (Å²) in [6, 6.07) is 15.7. The molecule has 1 heterocycles. The molecule has 0 fully saturated rings. The second kappa shape index (κ2) is 9.47. The molecule has 1 aromatic heterocycles. The minimum atomic E-state index is -0.953. The standard InChI is InChI=1S/C20H15IN2O4S/c21-16-10-14(11-22-23-19(24)18-2-1-9-28-18)5-8-17(16)27-12-13-3-6-15(7-4-13)20(25)26/h1-11H,12H2,(H,23,24)(H,25,26)/b22-11+. The van der Waals surface area contributed by atoms with Crippen molar-refractivity contribution in [3.63, 3.8) is 0 Å². The van der Waals surface area contributed by atoms with E-state index in [4.69, 9.17) is 9.84 Å². The molecule has 6 nitrogen and oxygen atoms in total. The van der Waals surface area contributed by atoms with Crippen molar-refractivity contribution in [2.45, 2.75) is 6.61 Å². The largest absolute Gasteiger partial charge is 0.488 e. The van der Waals surface area contributed by atoms with E-state index in [1.807, 2.05) is 29.6 Å². The Hall–Kier alpha value is -2.72. The average Bonchev–Trinajstić information content (AvgIpc) is 3.22. The maximum atomic E-state index is 11.8. The lowest BCUT2D eigenvalue weighted by molar-refractivity contribution is 0.0696. The molecule has 0 radical (unpaired) electrons. The molecule has 2 aromatic carbocycles. The van der Waals surface area contributed by atoms with Gasteiger partial charge < -0.3 is 9.84 Å². The van der Waals surface area contributed by atoms with Crippen LogP contribution < -0.4 is 10.2 Å². The first-order chi connectivity index (χ1) is 13.5. The number of rotatable bonds is 7. The van der Waals surface area contributed by atoms with Gasteiger partial charge in [-0.15, -0.1) is 11.3 Å². The highest BCUT2D eigenvalue weighted by atomic mass is 127. The van der Waals surface area contributed by atoms with Crippen LogP contribution in [0, 0.1) is 3.57 Å². The Kier molecular flexibility index (Phi) is 6.77. The number of carboxylic acids is 1. The van der Waals surface area contributed by atoms with Crippen molar-refractivity contribution in [1.29, 1.82) is 0 Å². The number of carboxylic acid groups (broad SMARTS) is 1. The molecule has 8 heteroatoms. The maximum absolute atomic E-state index is 11.8. The number of benzene rings is 2. The molecule has 0 atom stereocenters. The molecule has 1 amide bonds. The number of nitrogens with zero attached hydrogens (tertiary/aromatic N) is 1. The van der Waals surface area contributed by atoms with Crippen LogP contribution in [0.25, 0.3) is 0 Å². The summed E-state index contributed by atoms with van der Waals surface area (Å²) in [7, 11) is 0. The van der Waals surface area contributed by atoms with Gasteiger partial charge in [0.15, 0.2) is 0 Å². The lowest BCUT2D eigenvalue weighted by Gasteiger charge is -2.09. The van der Waals surface area contributed by atoms with Gasteiger partial charge in [-0.1, -0.05) is 18.2 Å². The number of hydrogen-bond acceptors (Lipinski definition) is 5. The molecule has 142 valence electrons. The van der Waals surface area contributed by atoms with Crippen molar-refractivity contribution in [2.24, 2.45) is 5.10 Å². The fourth-order valence-corrected chi connectivity index (χ4v) is 3.56. The van der Waals surface area contributed by atoms with Gasteiger partial charge >= 0.3 is 5.97 Å². The van der Waals surface area contributed by atoms with E-state index in [0.29, 0.717) is 17.2 Å². The summed E-state index contributed by atoms with van der Waals surface area (Å²) >= 11 is 3.52.